The number of halogens is 3. The predicted octanol–water partition coefficient (Wildman–Crippen LogP) is 0.430. The summed E-state index contributed by atoms with van der Waals surface area (Å²) in [5.41, 5.74) is 4.87. The highest BCUT2D eigenvalue weighted by molar-refractivity contribution is 7.99. The van der Waals surface area contributed by atoms with E-state index in [9.17, 15) is 18.4 Å². The number of hydrogen-bond acceptors (Lipinski definition) is 4. The average molecular weight is 318 g/mol. The number of thioether (sulfide) groups is 1. The highest BCUT2D eigenvalue weighted by Gasteiger charge is 2.35. The maximum atomic E-state index is 12.9. The van der Waals surface area contributed by atoms with Gasteiger partial charge in [-0.15, -0.1) is 24.2 Å². The molecule has 0 aromatic carbocycles. The highest BCUT2D eigenvalue weighted by atomic mass is 35.5. The smallest absolute Gasteiger partial charge is 0.277 e. The summed E-state index contributed by atoms with van der Waals surface area (Å²) in [6, 6.07) is -0.656. The summed E-state index contributed by atoms with van der Waals surface area (Å²) in [7, 11) is 0. The highest BCUT2D eigenvalue weighted by Crippen LogP contribution is 2.22. The first kappa shape index (κ1) is 18.4. The molecule has 1 heterocycles. The third-order valence-corrected chi connectivity index (χ3v) is 3.64. The second-order valence-corrected chi connectivity index (χ2v) is 5.01. The Labute approximate surface area is 121 Å². The molecular formula is C10H18ClF2N3O2S. The van der Waals surface area contributed by atoms with E-state index >= 15 is 0 Å². The Hall–Kier alpha value is -0.600. The maximum Gasteiger partial charge on any atom is 0.277 e. The Kier molecular flexibility index (Phi) is 7.61. The number of carbonyl (C=O) groups excluding carboxylic acids is 2. The lowest BCUT2D eigenvalue weighted by Gasteiger charge is -2.23. The van der Waals surface area contributed by atoms with E-state index in [0.717, 1.165) is 0 Å². The van der Waals surface area contributed by atoms with Gasteiger partial charge in [-0.25, -0.2) is 8.78 Å². The van der Waals surface area contributed by atoms with Crippen molar-refractivity contribution in [3.63, 3.8) is 0 Å². The molecule has 1 aliphatic heterocycles. The van der Waals surface area contributed by atoms with Crippen molar-refractivity contribution in [3.05, 3.63) is 0 Å². The van der Waals surface area contributed by atoms with Crippen molar-refractivity contribution in [3.8, 4) is 0 Å². The molecule has 0 spiro atoms. The molecule has 1 saturated heterocycles. The van der Waals surface area contributed by atoms with Gasteiger partial charge in [0.2, 0.25) is 11.8 Å². The summed E-state index contributed by atoms with van der Waals surface area (Å²) < 4.78 is 25.8. The van der Waals surface area contributed by atoms with Crippen LogP contribution in [0.2, 0.25) is 0 Å². The fraction of sp³-hybridized carbons (Fsp3) is 0.800. The average Bonchev–Trinajstić information content (AvgIpc) is 2.84. The largest absolute Gasteiger partial charge is 0.348 e. The minimum absolute atomic E-state index is 0. The van der Waals surface area contributed by atoms with E-state index < -0.39 is 31.0 Å². The number of hydrogen-bond donors (Lipinski definition) is 2. The fourth-order valence-electron chi connectivity index (χ4n) is 1.52. The number of nitrogens with zero attached hydrogens (tertiary/aromatic N) is 1. The van der Waals surface area contributed by atoms with Gasteiger partial charge >= 0.3 is 0 Å². The van der Waals surface area contributed by atoms with Crippen LogP contribution >= 0.6 is 24.2 Å². The van der Waals surface area contributed by atoms with E-state index in [1.807, 2.05) is 0 Å². The molecule has 1 aliphatic rings. The first-order valence-electron chi connectivity index (χ1n) is 5.64. The Balaban J connectivity index is 0.00000324. The van der Waals surface area contributed by atoms with Crippen LogP contribution in [0.5, 0.6) is 0 Å². The molecule has 112 valence electrons. The number of amides is 2. The van der Waals surface area contributed by atoms with Crippen LogP contribution in [0.3, 0.4) is 0 Å². The summed E-state index contributed by atoms with van der Waals surface area (Å²) in [6.45, 7) is 0.0881. The first-order chi connectivity index (χ1) is 8.41. The molecule has 0 aromatic rings. The van der Waals surface area contributed by atoms with Gasteiger partial charge in [-0.2, -0.15) is 0 Å². The molecule has 19 heavy (non-hydrogen) atoms. The Morgan fingerprint density at radius 2 is 2.16 bits per heavy atom. The van der Waals surface area contributed by atoms with Crippen molar-refractivity contribution in [2.24, 2.45) is 5.73 Å². The van der Waals surface area contributed by atoms with E-state index in [1.54, 1.807) is 6.92 Å². The van der Waals surface area contributed by atoms with Crippen molar-refractivity contribution in [2.45, 2.75) is 25.3 Å². The fourth-order valence-corrected chi connectivity index (χ4v) is 2.70. The van der Waals surface area contributed by atoms with Crippen LogP contribution in [-0.2, 0) is 9.59 Å². The lowest BCUT2D eigenvalue weighted by atomic mass is 10.2. The van der Waals surface area contributed by atoms with Gasteiger partial charge in [-0.1, -0.05) is 6.92 Å². The van der Waals surface area contributed by atoms with E-state index in [1.165, 1.54) is 16.7 Å². The first-order valence-corrected chi connectivity index (χ1v) is 6.79. The number of nitrogens with one attached hydrogen (secondary N) is 1. The predicted molar refractivity (Wildman–Crippen MR) is 72.5 cm³/mol. The summed E-state index contributed by atoms with van der Waals surface area (Å²) in [4.78, 5) is 24.7. The molecular weight excluding hydrogens is 300 g/mol. The molecule has 1 fully saturated rings. The number of carbonyl (C=O) groups is 2. The summed E-state index contributed by atoms with van der Waals surface area (Å²) >= 11 is 1.43. The van der Waals surface area contributed by atoms with Gasteiger partial charge in [0.25, 0.3) is 5.92 Å². The van der Waals surface area contributed by atoms with Crippen LogP contribution in [0.4, 0.5) is 8.78 Å². The number of rotatable bonds is 5. The Bertz CT molecular complexity index is 334. The zero-order chi connectivity index (χ0) is 13.8. The lowest BCUT2D eigenvalue weighted by Crippen LogP contribution is -2.50. The topological polar surface area (TPSA) is 75.4 Å². The van der Waals surface area contributed by atoms with Crippen LogP contribution < -0.4 is 11.1 Å². The monoisotopic (exact) mass is 317 g/mol. The summed E-state index contributed by atoms with van der Waals surface area (Å²) in [5.74, 6) is -2.94. The second-order valence-electron chi connectivity index (χ2n) is 4.01. The second kappa shape index (κ2) is 7.86. The van der Waals surface area contributed by atoms with Gasteiger partial charge in [0, 0.05) is 12.2 Å². The molecule has 0 aromatic heterocycles. The van der Waals surface area contributed by atoms with E-state index in [2.05, 4.69) is 5.32 Å². The zero-order valence-corrected chi connectivity index (χ0v) is 12.2. The van der Waals surface area contributed by atoms with Gasteiger partial charge in [0.05, 0.1) is 19.0 Å². The van der Waals surface area contributed by atoms with Crippen molar-refractivity contribution in [1.82, 2.24) is 10.2 Å². The SMILES string of the molecule is CCC(=O)N1CSCC1C(=O)NCC(F)(F)CN.Cl. The molecule has 3 N–H and O–H groups in total. The molecule has 5 nitrogen and oxygen atoms in total. The Morgan fingerprint density at radius 3 is 2.68 bits per heavy atom. The Morgan fingerprint density at radius 1 is 1.53 bits per heavy atom. The lowest BCUT2D eigenvalue weighted by molar-refractivity contribution is -0.138. The quantitative estimate of drug-likeness (QED) is 0.771. The molecule has 1 unspecified atom stereocenters. The molecule has 1 atom stereocenters. The summed E-state index contributed by atoms with van der Waals surface area (Å²) in [5, 5.41) is 2.15. The maximum absolute atomic E-state index is 12.9. The molecule has 9 heteroatoms. The van der Waals surface area contributed by atoms with Crippen LogP contribution in [0.1, 0.15) is 13.3 Å². The van der Waals surface area contributed by atoms with Gasteiger partial charge in [0.15, 0.2) is 0 Å². The van der Waals surface area contributed by atoms with Crippen LogP contribution in [0.25, 0.3) is 0 Å². The molecule has 0 saturated carbocycles. The number of nitrogens with two attached hydrogens (primary N) is 1. The van der Waals surface area contributed by atoms with E-state index in [4.69, 9.17) is 5.73 Å². The third-order valence-electron chi connectivity index (χ3n) is 2.63. The standard InChI is InChI=1S/C10H17F2N3O2S.ClH/c1-2-8(16)15-6-18-3-7(15)9(17)14-5-10(11,12)4-13;/h7H,2-6,13H2,1H3,(H,14,17);1H. The van der Waals surface area contributed by atoms with E-state index in [0.29, 0.717) is 18.1 Å². The van der Waals surface area contributed by atoms with Gasteiger partial charge in [-0.3, -0.25) is 9.59 Å². The van der Waals surface area contributed by atoms with Crippen molar-refractivity contribution in [2.75, 3.05) is 24.7 Å². The van der Waals surface area contributed by atoms with Gasteiger partial charge in [0.1, 0.15) is 6.04 Å². The molecule has 0 aliphatic carbocycles. The van der Waals surface area contributed by atoms with Crippen LogP contribution in [-0.4, -0.2) is 53.4 Å². The van der Waals surface area contributed by atoms with Crippen molar-refractivity contribution < 1.29 is 18.4 Å². The van der Waals surface area contributed by atoms with E-state index in [-0.39, 0.29) is 18.3 Å². The minimum Gasteiger partial charge on any atom is -0.348 e. The molecule has 0 bridgehead atoms. The van der Waals surface area contributed by atoms with Crippen LogP contribution in [0.15, 0.2) is 0 Å². The normalized spacial score (nSPS) is 18.9. The molecule has 1 rings (SSSR count). The van der Waals surface area contributed by atoms with Crippen LogP contribution in [0, 0.1) is 0 Å². The van der Waals surface area contributed by atoms with Crippen molar-refractivity contribution in [1.29, 1.82) is 0 Å². The van der Waals surface area contributed by atoms with Gasteiger partial charge in [-0.05, 0) is 0 Å². The van der Waals surface area contributed by atoms with Gasteiger partial charge < -0.3 is 16.0 Å². The third kappa shape index (κ3) is 5.12. The zero-order valence-electron chi connectivity index (χ0n) is 10.5. The summed E-state index contributed by atoms with van der Waals surface area (Å²) in [6.07, 6.45) is 0.295. The molecule has 2 amide bonds. The molecule has 0 radical (unpaired) electrons. The minimum atomic E-state index is -3.11. The number of alkyl halides is 2. The van der Waals surface area contributed by atoms with Crippen molar-refractivity contribution >= 4 is 36.0 Å².